The number of phenolic OH excluding ortho intramolecular Hbond substituents is 2. The molecule has 3 N–H and O–H groups in total. The largest absolute Gasteiger partial charge is 0.504 e. The Morgan fingerprint density at radius 2 is 1.89 bits per heavy atom. The maximum Gasteiger partial charge on any atom is 0.203 e. The van der Waals surface area contributed by atoms with Crippen LogP contribution < -0.4 is 14.9 Å². The van der Waals surface area contributed by atoms with E-state index in [-0.39, 0.29) is 34.8 Å². The van der Waals surface area contributed by atoms with E-state index in [2.05, 4.69) is 6.58 Å². The molecule has 1 aromatic heterocycles. The summed E-state index contributed by atoms with van der Waals surface area (Å²) in [6.07, 6.45) is -0.754. The molecular weight excluding hydrogens is 364 g/mol. The summed E-state index contributed by atoms with van der Waals surface area (Å²) in [5.41, 5.74) is 0.763. The van der Waals surface area contributed by atoms with Crippen LogP contribution in [0.4, 0.5) is 0 Å². The molecule has 0 bridgehead atoms. The highest BCUT2D eigenvalue weighted by Gasteiger charge is 2.18. The first-order valence-electron chi connectivity index (χ1n) is 8.45. The van der Waals surface area contributed by atoms with E-state index in [4.69, 9.17) is 13.9 Å². The number of benzene rings is 2. The maximum absolute atomic E-state index is 12.5. The highest BCUT2D eigenvalue weighted by molar-refractivity contribution is 5.89. The number of aliphatic hydroxyl groups excluding tert-OH is 1. The number of hydrogen-bond donors (Lipinski definition) is 3. The SMILES string of the molecule is C=C(C)[C@H](O)COc1ccc(-c2cc(=O)c3c(O)c(OC)c(O)cc3o2)cc1. The summed E-state index contributed by atoms with van der Waals surface area (Å²) in [6, 6.07) is 9.20. The molecule has 0 aliphatic carbocycles. The van der Waals surface area contributed by atoms with E-state index in [9.17, 15) is 20.1 Å². The van der Waals surface area contributed by atoms with Crippen molar-refractivity contribution in [1.29, 1.82) is 0 Å². The lowest BCUT2D eigenvalue weighted by molar-refractivity contribution is 0.136. The van der Waals surface area contributed by atoms with E-state index in [0.29, 0.717) is 16.9 Å². The van der Waals surface area contributed by atoms with Crippen molar-refractivity contribution in [3.8, 4) is 34.3 Å². The van der Waals surface area contributed by atoms with Crippen LogP contribution in [0.2, 0.25) is 0 Å². The normalized spacial score (nSPS) is 12.0. The lowest BCUT2D eigenvalue weighted by Crippen LogP contribution is -2.17. The molecule has 3 rings (SSSR count). The predicted octanol–water partition coefficient (Wildman–Crippen LogP) is 3.20. The van der Waals surface area contributed by atoms with E-state index in [1.807, 2.05) is 0 Å². The van der Waals surface area contributed by atoms with Gasteiger partial charge in [-0.25, -0.2) is 0 Å². The molecule has 0 amide bonds. The third-order valence-corrected chi connectivity index (χ3v) is 4.25. The van der Waals surface area contributed by atoms with Crippen molar-refractivity contribution in [1.82, 2.24) is 0 Å². The van der Waals surface area contributed by atoms with Crippen LogP contribution in [0.15, 0.2) is 57.8 Å². The third kappa shape index (κ3) is 3.65. The molecule has 28 heavy (non-hydrogen) atoms. The van der Waals surface area contributed by atoms with Crippen LogP contribution in [0, 0.1) is 0 Å². The summed E-state index contributed by atoms with van der Waals surface area (Å²) in [7, 11) is 1.27. The molecule has 1 heterocycles. The molecule has 1 atom stereocenters. The van der Waals surface area contributed by atoms with Gasteiger partial charge < -0.3 is 29.2 Å². The van der Waals surface area contributed by atoms with Gasteiger partial charge in [0.1, 0.15) is 35.2 Å². The van der Waals surface area contributed by atoms with Gasteiger partial charge in [0.05, 0.1) is 7.11 Å². The highest BCUT2D eigenvalue weighted by Crippen LogP contribution is 2.41. The monoisotopic (exact) mass is 384 g/mol. The van der Waals surface area contributed by atoms with Crippen LogP contribution >= 0.6 is 0 Å². The molecule has 3 aromatic rings. The maximum atomic E-state index is 12.5. The summed E-state index contributed by atoms with van der Waals surface area (Å²) < 4.78 is 16.1. The quantitative estimate of drug-likeness (QED) is 0.560. The first-order chi connectivity index (χ1) is 13.3. The molecule has 0 saturated carbocycles. The van der Waals surface area contributed by atoms with E-state index >= 15 is 0 Å². The second kappa shape index (κ2) is 7.66. The number of ether oxygens (including phenoxy) is 2. The first-order valence-corrected chi connectivity index (χ1v) is 8.45. The lowest BCUT2D eigenvalue weighted by atomic mass is 10.1. The molecular formula is C21H20O7. The van der Waals surface area contributed by atoms with Gasteiger partial charge in [-0.3, -0.25) is 4.79 Å². The molecule has 0 saturated heterocycles. The van der Waals surface area contributed by atoms with Crippen LogP contribution in [0.25, 0.3) is 22.3 Å². The topological polar surface area (TPSA) is 109 Å². The second-order valence-corrected chi connectivity index (χ2v) is 6.32. The van der Waals surface area contributed by atoms with E-state index in [1.54, 1.807) is 31.2 Å². The van der Waals surface area contributed by atoms with Gasteiger partial charge in [0, 0.05) is 17.7 Å². The number of methoxy groups -OCH3 is 1. The van der Waals surface area contributed by atoms with Crippen LogP contribution in [0.5, 0.6) is 23.0 Å². The van der Waals surface area contributed by atoms with Crippen molar-refractivity contribution in [2.24, 2.45) is 0 Å². The number of fused-ring (bicyclic) bond motifs is 1. The van der Waals surface area contributed by atoms with Gasteiger partial charge in [-0.15, -0.1) is 0 Å². The zero-order chi connectivity index (χ0) is 20.4. The number of aromatic hydroxyl groups is 2. The van der Waals surface area contributed by atoms with Crippen molar-refractivity contribution < 1.29 is 29.2 Å². The fraction of sp³-hybridized carbons (Fsp3) is 0.190. The molecule has 7 heteroatoms. The molecule has 7 nitrogen and oxygen atoms in total. The Hall–Kier alpha value is -3.45. The fourth-order valence-electron chi connectivity index (χ4n) is 2.65. The zero-order valence-corrected chi connectivity index (χ0v) is 15.4. The molecule has 0 aliphatic rings. The van der Waals surface area contributed by atoms with Gasteiger partial charge in [-0.1, -0.05) is 6.58 Å². The van der Waals surface area contributed by atoms with Gasteiger partial charge in [0.15, 0.2) is 16.9 Å². The molecule has 146 valence electrons. The van der Waals surface area contributed by atoms with Gasteiger partial charge >= 0.3 is 0 Å². The third-order valence-electron chi connectivity index (χ3n) is 4.25. The Kier molecular flexibility index (Phi) is 5.28. The second-order valence-electron chi connectivity index (χ2n) is 6.32. The van der Waals surface area contributed by atoms with Crippen LogP contribution in [0.3, 0.4) is 0 Å². The minimum absolute atomic E-state index is 0.0307. The van der Waals surface area contributed by atoms with Crippen molar-refractivity contribution in [2.75, 3.05) is 13.7 Å². The van der Waals surface area contributed by atoms with Crippen molar-refractivity contribution in [3.63, 3.8) is 0 Å². The molecule has 0 aliphatic heterocycles. The zero-order valence-electron chi connectivity index (χ0n) is 15.4. The molecule has 0 spiro atoms. The average Bonchev–Trinajstić information content (AvgIpc) is 2.66. The minimum atomic E-state index is -0.754. The van der Waals surface area contributed by atoms with Crippen molar-refractivity contribution in [3.05, 3.63) is 58.8 Å². The smallest absolute Gasteiger partial charge is 0.203 e. The van der Waals surface area contributed by atoms with Gasteiger partial charge in [-0.2, -0.15) is 0 Å². The van der Waals surface area contributed by atoms with Crippen molar-refractivity contribution in [2.45, 2.75) is 13.0 Å². The van der Waals surface area contributed by atoms with E-state index in [0.717, 1.165) is 0 Å². The number of hydrogen-bond acceptors (Lipinski definition) is 7. The summed E-state index contributed by atoms with van der Waals surface area (Å²) >= 11 is 0. The van der Waals surface area contributed by atoms with Gasteiger partial charge in [-0.05, 0) is 36.8 Å². The van der Waals surface area contributed by atoms with Gasteiger partial charge in [0.25, 0.3) is 0 Å². The fourth-order valence-corrected chi connectivity index (χ4v) is 2.65. The summed E-state index contributed by atoms with van der Waals surface area (Å²) in [6.45, 7) is 5.46. The average molecular weight is 384 g/mol. The number of phenols is 2. The van der Waals surface area contributed by atoms with Crippen LogP contribution in [-0.4, -0.2) is 35.1 Å². The lowest BCUT2D eigenvalue weighted by Gasteiger charge is -2.12. The highest BCUT2D eigenvalue weighted by atomic mass is 16.5. The Labute approximate surface area is 160 Å². The van der Waals surface area contributed by atoms with Crippen LogP contribution in [-0.2, 0) is 0 Å². The minimum Gasteiger partial charge on any atom is -0.504 e. The summed E-state index contributed by atoms with van der Waals surface area (Å²) in [5, 5.41) is 29.7. The Morgan fingerprint density at radius 3 is 2.50 bits per heavy atom. The van der Waals surface area contributed by atoms with Gasteiger partial charge in [0.2, 0.25) is 5.75 Å². The molecule has 0 fully saturated rings. The van der Waals surface area contributed by atoms with E-state index < -0.39 is 17.3 Å². The molecule has 0 radical (unpaired) electrons. The molecule has 2 aromatic carbocycles. The first kappa shape index (κ1) is 19.3. The Bertz CT molecular complexity index is 1080. The Balaban J connectivity index is 1.94. The van der Waals surface area contributed by atoms with Crippen LogP contribution in [0.1, 0.15) is 6.92 Å². The number of rotatable bonds is 6. The predicted molar refractivity (Wildman–Crippen MR) is 104 cm³/mol. The van der Waals surface area contributed by atoms with E-state index in [1.165, 1.54) is 19.2 Å². The summed E-state index contributed by atoms with van der Waals surface area (Å²) in [5.74, 6) is -0.210. The van der Waals surface area contributed by atoms with Crippen molar-refractivity contribution >= 4 is 11.0 Å². The summed E-state index contributed by atoms with van der Waals surface area (Å²) in [4.78, 5) is 12.5. The standard InChI is InChI=1S/C21H20O7/c1-11(2)16(24)10-27-13-6-4-12(5-7-13)17-8-14(22)19-18(28-17)9-15(23)21(26-3)20(19)25/h4-9,16,23-25H,1,10H2,2-3H3/t16-/m1/s1. The molecule has 0 unspecified atom stereocenters. The number of aliphatic hydroxyl groups is 1. The Morgan fingerprint density at radius 1 is 1.21 bits per heavy atom.